The lowest BCUT2D eigenvalue weighted by molar-refractivity contribution is 0.259. The van der Waals surface area contributed by atoms with Crippen LogP contribution < -0.4 is 32.5 Å². The number of benzene rings is 1. The lowest BCUT2D eigenvalue weighted by atomic mass is 10.0. The number of nitrogens with zero attached hydrogens (tertiary/aromatic N) is 3. The summed E-state index contributed by atoms with van der Waals surface area (Å²) in [5.41, 5.74) is 4.59. The zero-order chi connectivity index (χ0) is 20.3. The van der Waals surface area contributed by atoms with Crippen LogP contribution >= 0.6 is 0 Å². The number of hydrogen-bond acceptors (Lipinski definition) is 6. The summed E-state index contributed by atoms with van der Waals surface area (Å²) in [6, 6.07) is 0.509. The first-order valence-electron chi connectivity index (χ1n) is 9.23. The summed E-state index contributed by atoms with van der Waals surface area (Å²) >= 11 is 0. The number of alkyl halides is 1. The first-order chi connectivity index (χ1) is 13.3. The van der Waals surface area contributed by atoms with Crippen molar-refractivity contribution in [3.05, 3.63) is 32.7 Å². The van der Waals surface area contributed by atoms with Crippen molar-refractivity contribution in [2.75, 3.05) is 30.9 Å². The van der Waals surface area contributed by atoms with Gasteiger partial charge >= 0.3 is 5.69 Å². The molecule has 152 valence electrons. The molecule has 0 amide bonds. The Hall–Kier alpha value is -2.62. The van der Waals surface area contributed by atoms with Gasteiger partial charge in [0.15, 0.2) is 11.6 Å². The van der Waals surface area contributed by atoms with Crippen molar-refractivity contribution in [3.63, 3.8) is 0 Å². The highest BCUT2D eigenvalue weighted by molar-refractivity contribution is 5.91. The van der Waals surface area contributed by atoms with Crippen molar-refractivity contribution < 1.29 is 13.5 Å². The molecule has 0 spiro atoms. The van der Waals surface area contributed by atoms with Gasteiger partial charge in [-0.15, -0.1) is 0 Å². The molecule has 28 heavy (non-hydrogen) atoms. The standard InChI is InChI=1S/C18H23F2N5O3/c1-8(21)11-6-23(7-13(11)20)15-12(19)5-10-14(16(15)28-2)24(9-3-4-9)18(27)25(22)17(10)26/h5,8-9,11,13H,3-4,6-7,21-22H2,1-2H3/t8-,11+,13+/m0/s1. The summed E-state index contributed by atoms with van der Waals surface area (Å²) in [7, 11) is 1.33. The average molecular weight is 395 g/mol. The molecule has 0 bridgehead atoms. The number of halogens is 2. The van der Waals surface area contributed by atoms with Gasteiger partial charge in [-0.25, -0.2) is 13.6 Å². The van der Waals surface area contributed by atoms with Crippen molar-refractivity contribution in [3.8, 4) is 5.75 Å². The molecule has 4 N–H and O–H groups in total. The summed E-state index contributed by atoms with van der Waals surface area (Å²) in [6.07, 6.45) is 0.264. The number of rotatable bonds is 4. The Balaban J connectivity index is 2.00. The minimum absolute atomic E-state index is 0.0313. The van der Waals surface area contributed by atoms with Crippen molar-refractivity contribution in [1.82, 2.24) is 9.24 Å². The summed E-state index contributed by atoms with van der Waals surface area (Å²) in [4.78, 5) is 26.7. The first-order valence-corrected chi connectivity index (χ1v) is 9.23. The molecule has 3 atom stereocenters. The highest BCUT2D eigenvalue weighted by Crippen LogP contribution is 2.43. The molecule has 1 saturated heterocycles. The fraction of sp³-hybridized carbons (Fsp3) is 0.556. The maximum atomic E-state index is 15.1. The van der Waals surface area contributed by atoms with E-state index in [4.69, 9.17) is 16.3 Å². The Morgan fingerprint density at radius 2 is 1.96 bits per heavy atom. The topological polar surface area (TPSA) is 109 Å². The summed E-state index contributed by atoms with van der Waals surface area (Å²) in [6.45, 7) is 1.87. The van der Waals surface area contributed by atoms with Gasteiger partial charge in [-0.3, -0.25) is 9.36 Å². The van der Waals surface area contributed by atoms with E-state index in [-0.39, 0.29) is 41.5 Å². The Bertz CT molecular complexity index is 1060. The largest absolute Gasteiger partial charge is 0.492 e. The average Bonchev–Trinajstić information content (AvgIpc) is 3.40. The number of nitrogens with two attached hydrogens (primary N) is 2. The fourth-order valence-electron chi connectivity index (χ4n) is 4.06. The number of hydrogen-bond donors (Lipinski definition) is 2. The molecule has 2 aromatic rings. The van der Waals surface area contributed by atoms with E-state index >= 15 is 4.39 Å². The first kappa shape index (κ1) is 18.7. The molecule has 1 saturated carbocycles. The number of anilines is 1. The van der Waals surface area contributed by atoms with Gasteiger partial charge in [0.05, 0.1) is 12.5 Å². The predicted molar refractivity (Wildman–Crippen MR) is 102 cm³/mol. The van der Waals surface area contributed by atoms with Crippen LogP contribution in [0.25, 0.3) is 10.9 Å². The number of methoxy groups -OCH3 is 1. The normalized spacial score (nSPS) is 23.4. The van der Waals surface area contributed by atoms with E-state index < -0.39 is 35.2 Å². The van der Waals surface area contributed by atoms with E-state index in [1.807, 2.05) is 0 Å². The Morgan fingerprint density at radius 3 is 2.50 bits per heavy atom. The van der Waals surface area contributed by atoms with Crippen LogP contribution in [-0.4, -0.2) is 41.7 Å². The lowest BCUT2D eigenvalue weighted by Crippen LogP contribution is -2.44. The minimum Gasteiger partial charge on any atom is -0.492 e. The molecule has 2 heterocycles. The third kappa shape index (κ3) is 2.66. The van der Waals surface area contributed by atoms with Gasteiger partial charge in [0, 0.05) is 31.1 Å². The van der Waals surface area contributed by atoms with Crippen LogP contribution in [0.5, 0.6) is 5.75 Å². The van der Waals surface area contributed by atoms with E-state index in [0.717, 1.165) is 18.9 Å². The van der Waals surface area contributed by atoms with Crippen LogP contribution in [0.4, 0.5) is 14.5 Å². The summed E-state index contributed by atoms with van der Waals surface area (Å²) in [5, 5.41) is -0.0492. The van der Waals surface area contributed by atoms with Crippen molar-refractivity contribution in [2.24, 2.45) is 11.7 Å². The summed E-state index contributed by atoms with van der Waals surface area (Å²) in [5.74, 6) is 4.46. The molecule has 2 fully saturated rings. The predicted octanol–water partition coefficient (Wildman–Crippen LogP) is 0.481. The molecule has 1 aliphatic heterocycles. The van der Waals surface area contributed by atoms with Gasteiger partial charge in [-0.05, 0) is 25.8 Å². The highest BCUT2D eigenvalue weighted by atomic mass is 19.1. The number of nitrogen functional groups attached to an aromatic ring is 1. The molecule has 0 unspecified atom stereocenters. The van der Waals surface area contributed by atoms with Crippen LogP contribution in [0, 0.1) is 11.7 Å². The monoisotopic (exact) mass is 395 g/mol. The number of ether oxygens (including phenoxy) is 1. The SMILES string of the molecule is COc1c(N2C[C@H]([C@H](C)N)[C@H](F)C2)c(F)cc2c(=O)n(N)c(=O)n(C3CC3)c12. The second-order valence-electron chi connectivity index (χ2n) is 7.64. The molecular weight excluding hydrogens is 372 g/mol. The molecule has 4 rings (SSSR count). The number of fused-ring (bicyclic) bond motifs is 1. The van der Waals surface area contributed by atoms with E-state index in [2.05, 4.69) is 0 Å². The maximum Gasteiger partial charge on any atom is 0.350 e. The zero-order valence-corrected chi connectivity index (χ0v) is 15.7. The molecule has 10 heteroatoms. The van der Waals surface area contributed by atoms with E-state index in [1.54, 1.807) is 6.92 Å². The minimum atomic E-state index is -1.22. The van der Waals surface area contributed by atoms with Gasteiger partial charge in [0.1, 0.15) is 17.4 Å². The fourth-order valence-corrected chi connectivity index (χ4v) is 4.06. The lowest BCUT2D eigenvalue weighted by Gasteiger charge is -2.24. The molecule has 2 aliphatic rings. The van der Waals surface area contributed by atoms with E-state index in [0.29, 0.717) is 4.68 Å². The Morgan fingerprint density at radius 1 is 1.29 bits per heavy atom. The molecule has 1 aromatic carbocycles. The molecule has 0 radical (unpaired) electrons. The number of aromatic nitrogens is 2. The molecule has 8 nitrogen and oxygen atoms in total. The smallest absolute Gasteiger partial charge is 0.350 e. The zero-order valence-electron chi connectivity index (χ0n) is 15.7. The van der Waals surface area contributed by atoms with Gasteiger partial charge in [-0.1, -0.05) is 0 Å². The second kappa shape index (κ2) is 6.47. The van der Waals surface area contributed by atoms with Crippen molar-refractivity contribution >= 4 is 16.6 Å². The van der Waals surface area contributed by atoms with Crippen LogP contribution in [0.2, 0.25) is 0 Å². The molecule has 1 aromatic heterocycles. The highest BCUT2D eigenvalue weighted by Gasteiger charge is 2.39. The third-order valence-corrected chi connectivity index (χ3v) is 5.68. The Kier molecular flexibility index (Phi) is 4.33. The summed E-state index contributed by atoms with van der Waals surface area (Å²) < 4.78 is 36.9. The van der Waals surface area contributed by atoms with Gasteiger partial charge in [-0.2, -0.15) is 4.68 Å². The van der Waals surface area contributed by atoms with Crippen LogP contribution in [0.15, 0.2) is 15.7 Å². The van der Waals surface area contributed by atoms with E-state index in [9.17, 15) is 14.0 Å². The van der Waals surface area contributed by atoms with Gasteiger partial charge < -0.3 is 21.2 Å². The quantitative estimate of drug-likeness (QED) is 0.729. The van der Waals surface area contributed by atoms with Crippen LogP contribution in [-0.2, 0) is 0 Å². The van der Waals surface area contributed by atoms with E-state index in [1.165, 1.54) is 16.6 Å². The van der Waals surface area contributed by atoms with Crippen LogP contribution in [0.3, 0.4) is 0 Å². The van der Waals surface area contributed by atoms with Gasteiger partial charge in [0.25, 0.3) is 5.56 Å². The third-order valence-electron chi connectivity index (χ3n) is 5.68. The maximum absolute atomic E-state index is 15.1. The van der Waals surface area contributed by atoms with Crippen molar-refractivity contribution in [1.29, 1.82) is 0 Å². The van der Waals surface area contributed by atoms with Crippen LogP contribution in [0.1, 0.15) is 25.8 Å². The Labute approximate surface area is 159 Å². The molecular formula is C18H23F2N5O3. The molecule has 1 aliphatic carbocycles. The van der Waals surface area contributed by atoms with Gasteiger partial charge in [0.2, 0.25) is 0 Å². The van der Waals surface area contributed by atoms with Crippen molar-refractivity contribution in [2.45, 2.75) is 38.0 Å². The second-order valence-corrected chi connectivity index (χ2v) is 7.64.